The summed E-state index contributed by atoms with van der Waals surface area (Å²) in [5, 5.41) is 8.97. The van der Waals surface area contributed by atoms with Crippen molar-refractivity contribution >= 4 is 15.9 Å². The van der Waals surface area contributed by atoms with Gasteiger partial charge in [-0.05, 0) is 18.2 Å². The number of aliphatic hydroxyl groups is 1. The van der Waals surface area contributed by atoms with E-state index in [1.54, 1.807) is 7.11 Å². The van der Waals surface area contributed by atoms with Gasteiger partial charge < -0.3 is 14.6 Å². The molecule has 0 radical (unpaired) electrons. The largest absolute Gasteiger partial charge is 0.486 e. The zero-order chi connectivity index (χ0) is 10.4. The van der Waals surface area contributed by atoms with Crippen LogP contribution in [0.4, 0.5) is 0 Å². The molecule has 1 unspecified atom stereocenters. The summed E-state index contributed by atoms with van der Waals surface area (Å²) in [5.41, 5.74) is 0. The Labute approximate surface area is 91.8 Å². The fourth-order valence-electron chi connectivity index (χ4n) is 1.04. The third-order valence-corrected chi connectivity index (χ3v) is 2.15. The number of aliphatic hydroxyl groups excluding tert-OH is 1. The SMILES string of the molecule is COCC(CO)Oc1cccc(Br)c1. The van der Waals surface area contributed by atoms with Gasteiger partial charge in [-0.2, -0.15) is 0 Å². The summed E-state index contributed by atoms with van der Waals surface area (Å²) in [6.07, 6.45) is -0.311. The second-order valence-corrected chi connectivity index (χ2v) is 3.75. The van der Waals surface area contributed by atoms with Crippen LogP contribution in [-0.2, 0) is 4.74 Å². The smallest absolute Gasteiger partial charge is 0.145 e. The van der Waals surface area contributed by atoms with Crippen LogP contribution < -0.4 is 4.74 Å². The van der Waals surface area contributed by atoms with E-state index in [2.05, 4.69) is 15.9 Å². The van der Waals surface area contributed by atoms with Gasteiger partial charge >= 0.3 is 0 Å². The average molecular weight is 261 g/mol. The third-order valence-electron chi connectivity index (χ3n) is 1.66. The van der Waals surface area contributed by atoms with Gasteiger partial charge in [0, 0.05) is 11.6 Å². The summed E-state index contributed by atoms with van der Waals surface area (Å²) in [5.74, 6) is 0.718. The van der Waals surface area contributed by atoms with Gasteiger partial charge in [0.05, 0.1) is 13.2 Å². The summed E-state index contributed by atoms with van der Waals surface area (Å²) < 4.78 is 11.3. The van der Waals surface area contributed by atoms with Crippen LogP contribution >= 0.6 is 15.9 Å². The lowest BCUT2D eigenvalue weighted by atomic mass is 10.3. The van der Waals surface area contributed by atoms with Crippen LogP contribution in [0.2, 0.25) is 0 Å². The van der Waals surface area contributed by atoms with E-state index in [9.17, 15) is 0 Å². The number of halogens is 1. The van der Waals surface area contributed by atoms with E-state index in [0.717, 1.165) is 10.2 Å². The third kappa shape index (κ3) is 3.65. The minimum absolute atomic E-state index is 0.0552. The van der Waals surface area contributed by atoms with Crippen LogP contribution in [0.25, 0.3) is 0 Å². The molecule has 0 aromatic heterocycles. The quantitative estimate of drug-likeness (QED) is 0.878. The molecule has 0 heterocycles. The number of methoxy groups -OCH3 is 1. The van der Waals surface area contributed by atoms with Crippen LogP contribution in [-0.4, -0.2) is 31.5 Å². The Balaban J connectivity index is 2.57. The second kappa shape index (κ2) is 6.01. The van der Waals surface area contributed by atoms with Gasteiger partial charge in [-0.1, -0.05) is 22.0 Å². The highest BCUT2D eigenvalue weighted by Crippen LogP contribution is 2.18. The predicted molar refractivity (Wildman–Crippen MR) is 57.5 cm³/mol. The first-order chi connectivity index (χ1) is 6.76. The molecular weight excluding hydrogens is 248 g/mol. The highest BCUT2D eigenvalue weighted by molar-refractivity contribution is 9.10. The molecule has 0 aliphatic rings. The molecule has 0 saturated carbocycles. The Hall–Kier alpha value is -0.580. The van der Waals surface area contributed by atoms with Crippen LogP contribution in [0.15, 0.2) is 28.7 Å². The lowest BCUT2D eigenvalue weighted by Crippen LogP contribution is -2.26. The molecule has 3 nitrogen and oxygen atoms in total. The van der Waals surface area contributed by atoms with E-state index in [1.807, 2.05) is 24.3 Å². The standard InChI is InChI=1S/C10H13BrO3/c1-13-7-10(6-12)14-9-4-2-3-8(11)5-9/h2-5,10,12H,6-7H2,1H3. The monoisotopic (exact) mass is 260 g/mol. The van der Waals surface area contributed by atoms with E-state index in [-0.39, 0.29) is 12.7 Å². The maximum Gasteiger partial charge on any atom is 0.145 e. The van der Waals surface area contributed by atoms with Gasteiger partial charge in [0.15, 0.2) is 0 Å². The zero-order valence-electron chi connectivity index (χ0n) is 7.94. The summed E-state index contributed by atoms with van der Waals surface area (Å²) in [6, 6.07) is 7.47. The van der Waals surface area contributed by atoms with Crippen LogP contribution in [0.3, 0.4) is 0 Å². The summed E-state index contributed by atoms with van der Waals surface area (Å²) >= 11 is 3.34. The Morgan fingerprint density at radius 1 is 1.50 bits per heavy atom. The maximum absolute atomic E-state index is 8.97. The molecule has 1 N–H and O–H groups in total. The van der Waals surface area contributed by atoms with E-state index >= 15 is 0 Å². The van der Waals surface area contributed by atoms with E-state index < -0.39 is 0 Å². The first-order valence-electron chi connectivity index (χ1n) is 4.28. The molecule has 1 aromatic rings. The molecule has 0 fully saturated rings. The zero-order valence-corrected chi connectivity index (χ0v) is 9.53. The molecule has 0 amide bonds. The van der Waals surface area contributed by atoms with Crippen molar-refractivity contribution < 1.29 is 14.6 Å². The van der Waals surface area contributed by atoms with Crippen molar-refractivity contribution in [2.75, 3.05) is 20.3 Å². The van der Waals surface area contributed by atoms with Crippen molar-refractivity contribution in [2.24, 2.45) is 0 Å². The molecule has 1 rings (SSSR count). The number of rotatable bonds is 5. The van der Waals surface area contributed by atoms with Gasteiger partial charge in [-0.3, -0.25) is 0 Å². The van der Waals surface area contributed by atoms with Crippen LogP contribution in [0, 0.1) is 0 Å². The van der Waals surface area contributed by atoms with Gasteiger partial charge in [0.25, 0.3) is 0 Å². The molecule has 14 heavy (non-hydrogen) atoms. The Bertz CT molecular complexity index is 278. The average Bonchev–Trinajstić information content (AvgIpc) is 2.17. The fourth-order valence-corrected chi connectivity index (χ4v) is 1.42. The number of hydrogen-bond donors (Lipinski definition) is 1. The maximum atomic E-state index is 8.97. The van der Waals surface area contributed by atoms with Gasteiger partial charge in [0.2, 0.25) is 0 Å². The highest BCUT2D eigenvalue weighted by atomic mass is 79.9. The number of benzene rings is 1. The van der Waals surface area contributed by atoms with Crippen molar-refractivity contribution in [3.05, 3.63) is 28.7 Å². The minimum Gasteiger partial charge on any atom is -0.486 e. The predicted octanol–water partition coefficient (Wildman–Crippen LogP) is 1.84. The summed E-state index contributed by atoms with van der Waals surface area (Å²) in [6.45, 7) is 0.323. The Morgan fingerprint density at radius 2 is 2.29 bits per heavy atom. The Morgan fingerprint density at radius 3 is 2.86 bits per heavy atom. The minimum atomic E-state index is -0.311. The molecule has 1 atom stereocenters. The normalized spacial score (nSPS) is 12.5. The second-order valence-electron chi connectivity index (χ2n) is 2.84. The molecular formula is C10H13BrO3. The van der Waals surface area contributed by atoms with E-state index in [1.165, 1.54) is 0 Å². The first kappa shape index (κ1) is 11.5. The van der Waals surface area contributed by atoms with Crippen molar-refractivity contribution in [2.45, 2.75) is 6.10 Å². The molecule has 0 aliphatic heterocycles. The molecule has 1 aromatic carbocycles. The van der Waals surface area contributed by atoms with Gasteiger partial charge in [-0.15, -0.1) is 0 Å². The molecule has 0 bridgehead atoms. The van der Waals surface area contributed by atoms with Crippen molar-refractivity contribution in [1.82, 2.24) is 0 Å². The van der Waals surface area contributed by atoms with Crippen molar-refractivity contribution in [3.8, 4) is 5.75 Å². The van der Waals surface area contributed by atoms with E-state index in [0.29, 0.717) is 6.61 Å². The lowest BCUT2D eigenvalue weighted by molar-refractivity contribution is 0.0413. The van der Waals surface area contributed by atoms with Crippen LogP contribution in [0.5, 0.6) is 5.75 Å². The highest BCUT2D eigenvalue weighted by Gasteiger charge is 2.08. The van der Waals surface area contributed by atoms with Crippen molar-refractivity contribution in [3.63, 3.8) is 0 Å². The summed E-state index contributed by atoms with van der Waals surface area (Å²) in [4.78, 5) is 0. The van der Waals surface area contributed by atoms with Crippen LogP contribution in [0.1, 0.15) is 0 Å². The van der Waals surface area contributed by atoms with Gasteiger partial charge in [0.1, 0.15) is 11.9 Å². The molecule has 4 heteroatoms. The van der Waals surface area contributed by atoms with Gasteiger partial charge in [-0.25, -0.2) is 0 Å². The topological polar surface area (TPSA) is 38.7 Å². The number of hydrogen-bond acceptors (Lipinski definition) is 3. The first-order valence-corrected chi connectivity index (χ1v) is 5.07. The fraction of sp³-hybridized carbons (Fsp3) is 0.400. The molecule has 0 saturated heterocycles. The molecule has 78 valence electrons. The number of ether oxygens (including phenoxy) is 2. The van der Waals surface area contributed by atoms with E-state index in [4.69, 9.17) is 14.6 Å². The Kier molecular flexibility index (Phi) is 4.93. The summed E-state index contributed by atoms with van der Waals surface area (Å²) in [7, 11) is 1.58. The lowest BCUT2D eigenvalue weighted by Gasteiger charge is -2.15. The van der Waals surface area contributed by atoms with Crippen molar-refractivity contribution in [1.29, 1.82) is 0 Å². The molecule has 0 aliphatic carbocycles. The molecule has 0 spiro atoms.